The van der Waals surface area contributed by atoms with Crippen LogP contribution in [0.4, 0.5) is 10.1 Å². The van der Waals surface area contributed by atoms with E-state index < -0.39 is 37.3 Å². The molecule has 286 valence electrons. The van der Waals surface area contributed by atoms with Gasteiger partial charge in [0.25, 0.3) is 0 Å². The summed E-state index contributed by atoms with van der Waals surface area (Å²) in [6.45, 7) is 21.6. The fraction of sp³-hybridized carbons (Fsp3) is 0.625. The first-order chi connectivity index (χ1) is 24.5. The molecule has 3 fully saturated rings. The summed E-state index contributed by atoms with van der Waals surface area (Å²) in [6, 6.07) is 10.4. The topological polar surface area (TPSA) is 92.3 Å². The Kier molecular flexibility index (Phi) is 11.8. The van der Waals surface area contributed by atoms with Crippen LogP contribution >= 0.6 is 0 Å². The Morgan fingerprint density at radius 2 is 1.46 bits per heavy atom. The van der Waals surface area contributed by atoms with Gasteiger partial charge in [-0.2, -0.15) is 0 Å². The molecule has 0 radical (unpaired) electrons. The second-order valence-corrected chi connectivity index (χ2v) is 20.0. The zero-order chi connectivity index (χ0) is 37.4. The molecule has 1 atom stereocenters. The van der Waals surface area contributed by atoms with Crippen LogP contribution in [0.3, 0.4) is 0 Å². The number of piperidine rings is 2. The molecule has 3 aromatic rings. The summed E-state index contributed by atoms with van der Waals surface area (Å²) in [4.78, 5) is 14.6. The number of pyridine rings is 1. The molecule has 0 saturated carbocycles. The number of aromatic nitrogens is 1. The maximum Gasteiger partial charge on any atom is 0.213 e. The molecule has 3 aliphatic rings. The number of nitrogens with zero attached hydrogens (tertiary/aromatic N) is 5. The van der Waals surface area contributed by atoms with Crippen molar-refractivity contribution in [1.29, 1.82) is 0 Å². The van der Waals surface area contributed by atoms with Crippen molar-refractivity contribution in [2.75, 3.05) is 70.1 Å². The molecule has 12 heteroatoms. The van der Waals surface area contributed by atoms with E-state index in [9.17, 15) is 13.0 Å². The Labute approximate surface area is 314 Å². The molecule has 1 unspecified atom stereocenters. The van der Waals surface area contributed by atoms with Gasteiger partial charge in [0.15, 0.2) is 4.90 Å². The van der Waals surface area contributed by atoms with Gasteiger partial charge < -0.3 is 19.1 Å². The number of rotatable bonds is 10. The number of likely N-dealkylation sites (tertiary alicyclic amines) is 1. The Morgan fingerprint density at radius 1 is 0.865 bits per heavy atom. The van der Waals surface area contributed by atoms with Crippen LogP contribution in [0, 0.1) is 11.2 Å². The second kappa shape index (κ2) is 15.7. The minimum Gasteiger partial charge on any atom is -0.612 e. The van der Waals surface area contributed by atoms with E-state index in [0.717, 1.165) is 52.0 Å². The Balaban J connectivity index is 1.23. The van der Waals surface area contributed by atoms with Crippen molar-refractivity contribution in [2.45, 2.75) is 106 Å². The Hall–Kier alpha value is -2.48. The predicted molar refractivity (Wildman–Crippen MR) is 208 cm³/mol. The number of piperazine rings is 1. The van der Waals surface area contributed by atoms with Crippen molar-refractivity contribution in [1.82, 2.24) is 19.7 Å². The smallest absolute Gasteiger partial charge is 0.213 e. The van der Waals surface area contributed by atoms with Gasteiger partial charge in [0, 0.05) is 75.1 Å². The maximum atomic E-state index is 15.9. The van der Waals surface area contributed by atoms with E-state index in [1.807, 2.05) is 13.8 Å². The largest absolute Gasteiger partial charge is 0.612 e. The van der Waals surface area contributed by atoms with E-state index in [1.54, 1.807) is 24.5 Å². The van der Waals surface area contributed by atoms with Crippen LogP contribution in [-0.4, -0.2) is 115 Å². The summed E-state index contributed by atoms with van der Waals surface area (Å²) in [7, 11) is -4.35. The molecular weight excluding hydrogens is 698 g/mol. The van der Waals surface area contributed by atoms with Gasteiger partial charge in [0.05, 0.1) is 11.2 Å². The third-order valence-electron chi connectivity index (χ3n) is 11.1. The second-order valence-electron chi connectivity index (χ2n) is 16.8. The summed E-state index contributed by atoms with van der Waals surface area (Å²) in [5, 5.41) is 0.610. The summed E-state index contributed by atoms with van der Waals surface area (Å²) < 4.78 is 63.5. The molecule has 3 saturated heterocycles. The molecule has 6 rings (SSSR count). The molecule has 3 aliphatic heterocycles. The number of fused-ring (bicyclic) bond motifs is 1. The molecule has 0 aliphatic carbocycles. The Morgan fingerprint density at radius 3 is 2.00 bits per heavy atom. The van der Waals surface area contributed by atoms with Crippen molar-refractivity contribution in [3.8, 4) is 5.75 Å². The maximum absolute atomic E-state index is 15.9. The molecule has 0 spiro atoms. The van der Waals surface area contributed by atoms with Gasteiger partial charge in [-0.1, -0.05) is 27.7 Å². The van der Waals surface area contributed by atoms with Gasteiger partial charge in [-0.25, -0.2) is 12.8 Å². The predicted octanol–water partition coefficient (Wildman–Crippen LogP) is 6.61. The highest BCUT2D eigenvalue weighted by Gasteiger charge is 2.35. The third-order valence-corrected chi connectivity index (χ3v) is 13.8. The minimum absolute atomic E-state index is 0.00949. The van der Waals surface area contributed by atoms with E-state index in [4.69, 9.17) is 4.74 Å². The summed E-state index contributed by atoms with van der Waals surface area (Å²) in [5.74, 6) is -0.588. The van der Waals surface area contributed by atoms with Gasteiger partial charge in [-0.15, -0.1) is 0 Å². The van der Waals surface area contributed by atoms with E-state index in [-0.39, 0.29) is 16.1 Å². The van der Waals surface area contributed by atoms with Gasteiger partial charge in [0.2, 0.25) is 9.84 Å². The van der Waals surface area contributed by atoms with Crippen LogP contribution in [0.2, 0.25) is 0 Å². The molecule has 52 heavy (non-hydrogen) atoms. The van der Waals surface area contributed by atoms with Crippen molar-refractivity contribution in [2.24, 2.45) is 5.41 Å². The van der Waals surface area contributed by atoms with E-state index in [2.05, 4.69) is 52.3 Å². The zero-order valence-corrected chi connectivity index (χ0v) is 33.8. The van der Waals surface area contributed by atoms with Gasteiger partial charge in [-0.05, 0) is 106 Å². The van der Waals surface area contributed by atoms with E-state index >= 15 is 4.39 Å². The van der Waals surface area contributed by atoms with Crippen molar-refractivity contribution < 1.29 is 22.1 Å². The average Bonchev–Trinajstić information content (AvgIpc) is 3.09. The Bertz CT molecular complexity index is 1810. The highest BCUT2D eigenvalue weighted by molar-refractivity contribution is 7.91. The van der Waals surface area contributed by atoms with Crippen molar-refractivity contribution in [3.05, 3.63) is 48.4 Å². The van der Waals surface area contributed by atoms with Crippen LogP contribution in [0.1, 0.15) is 73.6 Å². The molecule has 9 nitrogen and oxygen atoms in total. The van der Waals surface area contributed by atoms with Crippen molar-refractivity contribution >= 4 is 37.6 Å². The molecule has 1 aromatic heterocycles. The number of halogens is 1. The molecular formula is C40H58FN5O4S2. The lowest BCUT2D eigenvalue weighted by molar-refractivity contribution is 0.0384. The molecule has 0 N–H and O–H groups in total. The highest BCUT2D eigenvalue weighted by atomic mass is 32.2. The number of hydrogen-bond acceptors (Lipinski definition) is 9. The first-order valence-corrected chi connectivity index (χ1v) is 22.0. The van der Waals surface area contributed by atoms with Crippen molar-refractivity contribution in [3.63, 3.8) is 0 Å². The fourth-order valence-corrected chi connectivity index (χ4v) is 10.9. The SMILES string of the molecule is CCN1CCC(N2CCN(C3CCN(c4c(S(=O)(=O)c5ccc(OC(C)(C)CC(C)(C)C)cc5F)cnc5ccc([S+](C)[O-])cc45)CC3)CC2)CC1. The lowest BCUT2D eigenvalue weighted by Crippen LogP contribution is -2.56. The number of hydrogen-bond donors (Lipinski definition) is 0. The van der Waals surface area contributed by atoms with Crippen LogP contribution in [-0.2, 0) is 21.0 Å². The fourth-order valence-electron chi connectivity index (χ4n) is 8.88. The zero-order valence-electron chi connectivity index (χ0n) is 32.2. The normalized spacial score (nSPS) is 20.4. The molecule has 4 heterocycles. The first-order valence-electron chi connectivity index (χ1n) is 19.0. The third kappa shape index (κ3) is 8.90. The lowest BCUT2D eigenvalue weighted by Gasteiger charge is -2.46. The molecule has 2 aromatic carbocycles. The monoisotopic (exact) mass is 755 g/mol. The minimum atomic E-state index is -4.35. The summed E-state index contributed by atoms with van der Waals surface area (Å²) in [6.07, 6.45) is 7.98. The van der Waals surface area contributed by atoms with Gasteiger partial charge >= 0.3 is 0 Å². The number of anilines is 1. The molecule has 0 bridgehead atoms. The van der Waals surface area contributed by atoms with Crippen LogP contribution in [0.25, 0.3) is 10.9 Å². The van der Waals surface area contributed by atoms with Gasteiger partial charge in [-0.3, -0.25) is 14.8 Å². The number of benzene rings is 2. The van der Waals surface area contributed by atoms with Crippen LogP contribution in [0.15, 0.2) is 57.3 Å². The van der Waals surface area contributed by atoms with E-state index in [1.165, 1.54) is 50.3 Å². The summed E-state index contributed by atoms with van der Waals surface area (Å²) in [5.41, 5.74) is 0.523. The average molecular weight is 756 g/mol. The first kappa shape index (κ1) is 39.2. The highest BCUT2D eigenvalue weighted by Crippen LogP contribution is 2.40. The lowest BCUT2D eigenvalue weighted by atomic mass is 9.83. The van der Waals surface area contributed by atoms with E-state index in [0.29, 0.717) is 46.7 Å². The number of sulfone groups is 1. The number of ether oxygens (including phenoxy) is 1. The van der Waals surface area contributed by atoms with Gasteiger partial charge in [0.1, 0.15) is 33.2 Å². The standard InChI is InChI=1S/C40H58FN5O4S2/c1-8-43-17-13-29(14-18-43)44-21-23-45(24-22-44)30-15-19-46(20-16-30)38-33-26-32(51(7)47)10-11-35(33)42-27-37(38)52(48,49)36-12-9-31(25-34(36)41)50-40(5,6)28-39(2,3)4/h9-12,25-27,29-30H,8,13-24,28H2,1-7H3. The van der Waals surface area contributed by atoms with Crippen LogP contribution in [0.5, 0.6) is 5.75 Å². The summed E-state index contributed by atoms with van der Waals surface area (Å²) >= 11 is -1.28. The molecule has 0 amide bonds. The quantitative estimate of drug-likeness (QED) is 0.212. The van der Waals surface area contributed by atoms with Crippen LogP contribution < -0.4 is 9.64 Å².